The van der Waals surface area contributed by atoms with E-state index in [1.54, 1.807) is 33.3 Å². The van der Waals surface area contributed by atoms with Gasteiger partial charge in [0, 0.05) is 13.1 Å². The van der Waals surface area contributed by atoms with Gasteiger partial charge in [-0.25, -0.2) is 0 Å². The van der Waals surface area contributed by atoms with Crippen LogP contribution in [0.2, 0.25) is 0 Å². The Morgan fingerprint density at radius 1 is 0.943 bits per heavy atom. The highest BCUT2D eigenvalue weighted by molar-refractivity contribution is 5.77. The number of fused-ring (bicyclic) bond motifs is 1. The SMILES string of the molecule is COc1ccc(CCN(CCCNCC[C@@H]2Cc3cc(OC)c(OC)cc32)C(=O)CO)cc1OC. The van der Waals surface area contributed by atoms with E-state index in [0.29, 0.717) is 36.9 Å². The van der Waals surface area contributed by atoms with Crippen LogP contribution < -0.4 is 24.3 Å². The predicted octanol–water partition coefficient (Wildman–Crippen LogP) is 2.79. The third-order valence-electron chi connectivity index (χ3n) is 6.61. The van der Waals surface area contributed by atoms with Crippen molar-refractivity contribution in [3.63, 3.8) is 0 Å². The fraction of sp³-hybridized carbons (Fsp3) is 0.519. The normalized spacial score (nSPS) is 14.0. The maximum absolute atomic E-state index is 12.2. The van der Waals surface area contributed by atoms with Crippen molar-refractivity contribution >= 4 is 5.91 Å². The van der Waals surface area contributed by atoms with Crippen LogP contribution in [-0.2, 0) is 17.6 Å². The van der Waals surface area contributed by atoms with Crippen molar-refractivity contribution in [2.45, 2.75) is 31.6 Å². The Balaban J connectivity index is 1.39. The van der Waals surface area contributed by atoms with Gasteiger partial charge in [0.25, 0.3) is 0 Å². The highest BCUT2D eigenvalue weighted by Crippen LogP contribution is 2.43. The summed E-state index contributed by atoms with van der Waals surface area (Å²) in [4.78, 5) is 13.9. The molecule has 0 spiro atoms. The Morgan fingerprint density at radius 3 is 2.31 bits per heavy atom. The van der Waals surface area contributed by atoms with Gasteiger partial charge in [-0.3, -0.25) is 4.79 Å². The Bertz CT molecular complexity index is 980. The summed E-state index contributed by atoms with van der Waals surface area (Å²) >= 11 is 0. The number of carbonyl (C=O) groups is 1. The molecule has 0 fully saturated rings. The largest absolute Gasteiger partial charge is 0.493 e. The number of nitrogens with zero attached hydrogens (tertiary/aromatic N) is 1. The van der Waals surface area contributed by atoms with E-state index < -0.39 is 6.61 Å². The van der Waals surface area contributed by atoms with Crippen LogP contribution in [0.1, 0.15) is 35.4 Å². The summed E-state index contributed by atoms with van der Waals surface area (Å²) in [5.74, 6) is 3.20. The van der Waals surface area contributed by atoms with E-state index in [9.17, 15) is 9.90 Å². The van der Waals surface area contributed by atoms with Crippen LogP contribution >= 0.6 is 0 Å². The van der Waals surface area contributed by atoms with Crippen molar-refractivity contribution in [3.8, 4) is 23.0 Å². The van der Waals surface area contributed by atoms with Crippen LogP contribution in [0.3, 0.4) is 0 Å². The van der Waals surface area contributed by atoms with Crippen molar-refractivity contribution in [2.24, 2.45) is 0 Å². The zero-order chi connectivity index (χ0) is 25.2. The number of hydrogen-bond donors (Lipinski definition) is 2. The van der Waals surface area contributed by atoms with Crippen molar-refractivity contribution in [1.82, 2.24) is 10.2 Å². The Kier molecular flexibility index (Phi) is 10.0. The summed E-state index contributed by atoms with van der Waals surface area (Å²) in [6, 6.07) is 9.93. The number of aliphatic hydroxyl groups excluding tert-OH is 1. The van der Waals surface area contributed by atoms with E-state index in [0.717, 1.165) is 49.4 Å². The molecule has 0 radical (unpaired) electrons. The molecule has 2 aromatic carbocycles. The van der Waals surface area contributed by atoms with Gasteiger partial charge in [-0.2, -0.15) is 0 Å². The zero-order valence-corrected chi connectivity index (χ0v) is 21.3. The molecule has 8 heteroatoms. The van der Waals surface area contributed by atoms with Gasteiger partial charge in [0.05, 0.1) is 28.4 Å². The second-order valence-corrected chi connectivity index (χ2v) is 8.68. The highest BCUT2D eigenvalue weighted by atomic mass is 16.5. The Morgan fingerprint density at radius 2 is 1.63 bits per heavy atom. The number of rotatable bonds is 15. The minimum absolute atomic E-state index is 0.249. The molecule has 1 aliphatic rings. The summed E-state index contributed by atoms with van der Waals surface area (Å²) < 4.78 is 21.5. The second-order valence-electron chi connectivity index (χ2n) is 8.68. The molecular formula is C27H38N2O6. The van der Waals surface area contributed by atoms with Gasteiger partial charge in [-0.15, -0.1) is 0 Å². The number of aliphatic hydroxyl groups is 1. The van der Waals surface area contributed by atoms with Crippen LogP contribution in [0.25, 0.3) is 0 Å². The Labute approximate surface area is 208 Å². The summed E-state index contributed by atoms with van der Waals surface area (Å²) in [7, 11) is 6.54. The molecule has 0 heterocycles. The molecule has 35 heavy (non-hydrogen) atoms. The molecule has 8 nitrogen and oxygen atoms in total. The molecule has 0 saturated heterocycles. The smallest absolute Gasteiger partial charge is 0.248 e. The Hall–Kier alpha value is -2.97. The number of nitrogens with one attached hydrogen (secondary N) is 1. The lowest BCUT2D eigenvalue weighted by atomic mass is 9.75. The van der Waals surface area contributed by atoms with E-state index in [4.69, 9.17) is 18.9 Å². The maximum Gasteiger partial charge on any atom is 0.248 e. The van der Waals surface area contributed by atoms with Gasteiger partial charge in [-0.05, 0) is 85.6 Å². The van der Waals surface area contributed by atoms with Gasteiger partial charge in [0.15, 0.2) is 23.0 Å². The van der Waals surface area contributed by atoms with Crippen molar-refractivity contribution in [2.75, 3.05) is 61.2 Å². The van der Waals surface area contributed by atoms with E-state index in [-0.39, 0.29) is 5.91 Å². The van der Waals surface area contributed by atoms with Crippen LogP contribution in [-0.4, -0.2) is 77.1 Å². The van der Waals surface area contributed by atoms with Crippen molar-refractivity contribution in [1.29, 1.82) is 0 Å². The predicted molar refractivity (Wildman–Crippen MR) is 135 cm³/mol. The molecule has 0 bridgehead atoms. The van der Waals surface area contributed by atoms with E-state index >= 15 is 0 Å². The van der Waals surface area contributed by atoms with E-state index in [1.807, 2.05) is 18.2 Å². The molecule has 192 valence electrons. The third-order valence-corrected chi connectivity index (χ3v) is 6.61. The van der Waals surface area contributed by atoms with Crippen molar-refractivity contribution in [3.05, 3.63) is 47.0 Å². The van der Waals surface area contributed by atoms with Crippen LogP contribution in [0, 0.1) is 0 Å². The van der Waals surface area contributed by atoms with Crippen LogP contribution in [0.5, 0.6) is 23.0 Å². The molecule has 1 amide bonds. The lowest BCUT2D eigenvalue weighted by Crippen LogP contribution is -2.37. The molecule has 1 aliphatic carbocycles. The highest BCUT2D eigenvalue weighted by Gasteiger charge is 2.28. The molecule has 0 saturated carbocycles. The fourth-order valence-corrected chi connectivity index (χ4v) is 4.55. The zero-order valence-electron chi connectivity index (χ0n) is 21.3. The molecule has 2 N–H and O–H groups in total. The topological polar surface area (TPSA) is 89.5 Å². The molecule has 1 atom stereocenters. The molecular weight excluding hydrogens is 448 g/mol. The van der Waals surface area contributed by atoms with Crippen LogP contribution in [0.4, 0.5) is 0 Å². The molecule has 0 unspecified atom stereocenters. The first-order valence-corrected chi connectivity index (χ1v) is 12.1. The van der Waals surface area contributed by atoms with Crippen LogP contribution in [0.15, 0.2) is 30.3 Å². The first-order chi connectivity index (χ1) is 17.0. The number of amides is 1. The summed E-state index contributed by atoms with van der Waals surface area (Å²) in [6.07, 6.45) is 3.62. The fourth-order valence-electron chi connectivity index (χ4n) is 4.55. The number of hydrogen-bond acceptors (Lipinski definition) is 7. The number of ether oxygens (including phenoxy) is 4. The number of methoxy groups -OCH3 is 4. The molecule has 3 rings (SSSR count). The summed E-state index contributed by atoms with van der Waals surface area (Å²) in [5.41, 5.74) is 3.73. The summed E-state index contributed by atoms with van der Waals surface area (Å²) in [5, 5.41) is 12.9. The molecule has 2 aromatic rings. The quantitative estimate of drug-likeness (QED) is 0.374. The molecule has 0 aromatic heterocycles. The molecule has 0 aliphatic heterocycles. The number of benzene rings is 2. The van der Waals surface area contributed by atoms with Crippen molar-refractivity contribution < 1.29 is 28.8 Å². The van der Waals surface area contributed by atoms with E-state index in [1.165, 1.54) is 11.1 Å². The number of carbonyl (C=O) groups excluding carboxylic acids is 1. The average Bonchev–Trinajstić information content (AvgIpc) is 2.88. The lowest BCUT2D eigenvalue weighted by molar-refractivity contribution is -0.134. The first kappa shape index (κ1) is 26.6. The van der Waals surface area contributed by atoms with Gasteiger partial charge in [-0.1, -0.05) is 6.07 Å². The van der Waals surface area contributed by atoms with Gasteiger partial charge in [0.2, 0.25) is 5.91 Å². The van der Waals surface area contributed by atoms with Gasteiger partial charge < -0.3 is 34.3 Å². The first-order valence-electron chi connectivity index (χ1n) is 12.1. The monoisotopic (exact) mass is 486 g/mol. The van der Waals surface area contributed by atoms with Gasteiger partial charge >= 0.3 is 0 Å². The summed E-state index contributed by atoms with van der Waals surface area (Å²) in [6.45, 7) is 2.39. The maximum atomic E-state index is 12.2. The minimum atomic E-state index is -0.477. The minimum Gasteiger partial charge on any atom is -0.493 e. The third kappa shape index (κ3) is 6.80. The average molecular weight is 487 g/mol. The standard InChI is InChI=1S/C27H38N2O6/c1-32-23-7-6-19(14-24(23)33-2)9-13-29(27(31)18-30)12-5-10-28-11-8-20-15-21-16-25(34-3)26(35-4)17-22(20)21/h6-7,14,16-17,20,28,30H,5,8-13,15,18H2,1-4H3/t20-/m1/s1. The second kappa shape index (κ2) is 13.2. The van der Waals surface area contributed by atoms with E-state index in [2.05, 4.69) is 17.4 Å². The van der Waals surface area contributed by atoms with Gasteiger partial charge in [0.1, 0.15) is 6.61 Å². The lowest BCUT2D eigenvalue weighted by Gasteiger charge is -2.31.